The number of nitrogens with zero attached hydrogens (tertiary/aromatic N) is 1. The van der Waals surface area contributed by atoms with Crippen LogP contribution in [-0.4, -0.2) is 63.0 Å². The van der Waals surface area contributed by atoms with E-state index in [0.29, 0.717) is 48.6 Å². The maximum atomic E-state index is 13.9. The molecule has 6 nitrogen and oxygen atoms in total. The van der Waals surface area contributed by atoms with Gasteiger partial charge in [-0.15, -0.1) is 0 Å². The van der Waals surface area contributed by atoms with E-state index < -0.39 is 0 Å². The smallest absolute Gasteiger partial charge is 0.165 e. The SMILES string of the molecule is CCCN(C1CCC1)[C@H]1COc2c(F)ccc(OC)c2C1.COc1ccc(F)c2c1C[C@@H](NC1CCC1)CO2. The van der Waals surface area contributed by atoms with E-state index in [9.17, 15) is 8.78 Å². The van der Waals surface area contributed by atoms with Crippen molar-refractivity contribution >= 4 is 0 Å². The Hall–Kier alpha value is -2.58. The van der Waals surface area contributed by atoms with Crippen molar-refractivity contribution < 1.29 is 27.7 Å². The van der Waals surface area contributed by atoms with Gasteiger partial charge in [-0.25, -0.2) is 8.78 Å². The van der Waals surface area contributed by atoms with Crippen LogP contribution in [0.2, 0.25) is 0 Å². The lowest BCUT2D eigenvalue weighted by Crippen LogP contribution is -2.51. The van der Waals surface area contributed by atoms with Gasteiger partial charge in [-0.2, -0.15) is 0 Å². The fraction of sp³-hybridized carbons (Fsp3) is 0.613. The second-order valence-corrected chi connectivity index (χ2v) is 11.1. The van der Waals surface area contributed by atoms with E-state index in [2.05, 4.69) is 17.1 Å². The number of hydrogen-bond acceptors (Lipinski definition) is 6. The monoisotopic (exact) mass is 544 g/mol. The number of ether oxygens (including phenoxy) is 4. The Labute approximate surface area is 230 Å². The highest BCUT2D eigenvalue weighted by atomic mass is 19.1. The minimum Gasteiger partial charge on any atom is -0.496 e. The molecule has 2 heterocycles. The van der Waals surface area contributed by atoms with Crippen LogP contribution in [0.3, 0.4) is 0 Å². The van der Waals surface area contributed by atoms with Crippen molar-refractivity contribution in [3.05, 3.63) is 47.0 Å². The molecule has 2 aliphatic heterocycles. The number of halogens is 2. The van der Waals surface area contributed by atoms with E-state index in [1.807, 2.05) is 0 Å². The lowest BCUT2D eigenvalue weighted by atomic mass is 9.88. The summed E-state index contributed by atoms with van der Waals surface area (Å²) in [6.07, 6.45) is 10.4. The van der Waals surface area contributed by atoms with Crippen LogP contribution in [0.25, 0.3) is 0 Å². The molecule has 1 N–H and O–H groups in total. The number of fused-ring (bicyclic) bond motifs is 2. The van der Waals surface area contributed by atoms with Crippen molar-refractivity contribution in [1.82, 2.24) is 10.2 Å². The quantitative estimate of drug-likeness (QED) is 0.462. The van der Waals surface area contributed by atoms with Gasteiger partial charge in [-0.05, 0) is 75.8 Å². The third-order valence-electron chi connectivity index (χ3n) is 8.59. The summed E-state index contributed by atoms with van der Waals surface area (Å²) in [5.41, 5.74) is 1.73. The Morgan fingerprint density at radius 2 is 1.38 bits per heavy atom. The average Bonchev–Trinajstić information content (AvgIpc) is 2.90. The topological polar surface area (TPSA) is 52.2 Å². The van der Waals surface area contributed by atoms with Gasteiger partial charge in [-0.3, -0.25) is 4.90 Å². The number of hydrogen-bond donors (Lipinski definition) is 1. The highest BCUT2D eigenvalue weighted by Crippen LogP contribution is 2.38. The van der Waals surface area contributed by atoms with E-state index in [-0.39, 0.29) is 17.7 Å². The van der Waals surface area contributed by atoms with E-state index >= 15 is 0 Å². The Balaban J connectivity index is 0.000000160. The molecule has 2 aromatic rings. The predicted molar refractivity (Wildman–Crippen MR) is 147 cm³/mol. The van der Waals surface area contributed by atoms with Crippen molar-refractivity contribution in [2.45, 2.75) is 88.9 Å². The molecule has 0 bridgehead atoms. The minimum absolute atomic E-state index is 0.262. The van der Waals surface area contributed by atoms with E-state index in [1.54, 1.807) is 26.4 Å². The van der Waals surface area contributed by atoms with Crippen molar-refractivity contribution in [2.75, 3.05) is 34.0 Å². The maximum Gasteiger partial charge on any atom is 0.165 e. The van der Waals surface area contributed by atoms with Crippen molar-refractivity contribution in [3.63, 3.8) is 0 Å². The van der Waals surface area contributed by atoms with Gasteiger partial charge in [0.1, 0.15) is 24.7 Å². The first-order valence-electron chi connectivity index (χ1n) is 14.5. The lowest BCUT2D eigenvalue weighted by molar-refractivity contribution is 0.0428. The number of methoxy groups -OCH3 is 2. The Kier molecular flexibility index (Phi) is 9.13. The van der Waals surface area contributed by atoms with Gasteiger partial charge >= 0.3 is 0 Å². The predicted octanol–water partition coefficient (Wildman–Crippen LogP) is 5.68. The van der Waals surface area contributed by atoms with Crippen LogP contribution in [0.5, 0.6) is 23.0 Å². The third-order valence-corrected chi connectivity index (χ3v) is 8.59. The first kappa shape index (κ1) is 28.0. The highest BCUT2D eigenvalue weighted by Gasteiger charge is 2.35. The Morgan fingerprint density at radius 3 is 1.90 bits per heavy atom. The number of rotatable bonds is 8. The minimum atomic E-state index is -0.298. The third kappa shape index (κ3) is 6.12. The fourth-order valence-corrected chi connectivity index (χ4v) is 6.07. The van der Waals surface area contributed by atoms with Crippen molar-refractivity contribution in [1.29, 1.82) is 0 Å². The van der Waals surface area contributed by atoms with Crippen molar-refractivity contribution in [3.8, 4) is 23.0 Å². The summed E-state index contributed by atoms with van der Waals surface area (Å²) in [5.74, 6) is 1.62. The summed E-state index contributed by atoms with van der Waals surface area (Å²) in [6.45, 7) is 4.41. The average molecular weight is 545 g/mol. The number of benzene rings is 2. The van der Waals surface area contributed by atoms with E-state index in [1.165, 1.54) is 50.7 Å². The van der Waals surface area contributed by atoms with E-state index in [4.69, 9.17) is 18.9 Å². The van der Waals surface area contributed by atoms with Gasteiger partial charge in [0.25, 0.3) is 0 Å². The summed E-state index contributed by atoms with van der Waals surface area (Å²) in [5, 5.41) is 3.56. The molecule has 0 saturated heterocycles. The molecule has 4 aliphatic rings. The lowest BCUT2D eigenvalue weighted by Gasteiger charge is -2.44. The molecule has 0 spiro atoms. The highest BCUT2D eigenvalue weighted by molar-refractivity contribution is 5.48. The Bertz CT molecular complexity index is 1120. The maximum absolute atomic E-state index is 13.9. The van der Waals surface area contributed by atoms with Gasteiger partial charge in [0, 0.05) is 35.3 Å². The summed E-state index contributed by atoms with van der Waals surface area (Å²) >= 11 is 0. The second-order valence-electron chi connectivity index (χ2n) is 11.1. The second kappa shape index (κ2) is 12.7. The van der Waals surface area contributed by atoms with Gasteiger partial charge in [0.15, 0.2) is 23.1 Å². The largest absolute Gasteiger partial charge is 0.496 e. The summed E-state index contributed by atoms with van der Waals surface area (Å²) in [4.78, 5) is 2.57. The number of nitrogens with one attached hydrogen (secondary N) is 1. The van der Waals surface area contributed by atoms with Crippen LogP contribution in [0.15, 0.2) is 24.3 Å². The zero-order valence-corrected chi connectivity index (χ0v) is 23.4. The van der Waals surface area contributed by atoms with Crippen LogP contribution >= 0.6 is 0 Å². The zero-order chi connectivity index (χ0) is 27.4. The van der Waals surface area contributed by atoms with Crippen molar-refractivity contribution in [2.24, 2.45) is 0 Å². The molecular weight excluding hydrogens is 502 g/mol. The molecule has 2 aromatic carbocycles. The molecule has 2 fully saturated rings. The van der Waals surface area contributed by atoms with Gasteiger partial charge in [0.2, 0.25) is 0 Å². The Morgan fingerprint density at radius 1 is 0.795 bits per heavy atom. The fourth-order valence-electron chi connectivity index (χ4n) is 6.07. The molecule has 2 saturated carbocycles. The van der Waals surface area contributed by atoms with Crippen LogP contribution in [0.1, 0.15) is 63.0 Å². The molecule has 2 aliphatic carbocycles. The van der Waals surface area contributed by atoms with Crippen LogP contribution in [-0.2, 0) is 12.8 Å². The van der Waals surface area contributed by atoms with Crippen LogP contribution in [0, 0.1) is 11.6 Å². The summed E-state index contributed by atoms with van der Waals surface area (Å²) in [6, 6.07) is 8.08. The van der Waals surface area contributed by atoms with E-state index in [0.717, 1.165) is 42.7 Å². The standard InChI is InChI=1S/C17H24FNO2.C14H18FNO2/c1-3-9-19(12-5-4-6-12)13-10-14-16(20-2)8-7-15(18)17(14)21-11-13;1-17-13-6-5-12(15)14-11(13)7-10(8-18-14)16-9-3-2-4-9/h7-8,12-13H,3-6,9-11H2,1-2H3;5-6,9-10,16H,2-4,7-8H2,1H3/t13-;10-/m11/s1. The molecule has 214 valence electrons. The normalized spacial score (nSPS) is 22.2. The van der Waals surface area contributed by atoms with Crippen LogP contribution < -0.4 is 24.3 Å². The zero-order valence-electron chi connectivity index (χ0n) is 23.4. The van der Waals surface area contributed by atoms with Gasteiger partial charge < -0.3 is 24.3 Å². The molecule has 0 aromatic heterocycles. The summed E-state index contributed by atoms with van der Waals surface area (Å²) in [7, 11) is 3.24. The molecule has 0 amide bonds. The van der Waals surface area contributed by atoms with Crippen LogP contribution in [0.4, 0.5) is 8.78 Å². The van der Waals surface area contributed by atoms with Gasteiger partial charge in [0.05, 0.1) is 14.2 Å². The summed E-state index contributed by atoms with van der Waals surface area (Å²) < 4.78 is 49.6. The molecule has 0 radical (unpaired) electrons. The molecule has 6 rings (SSSR count). The first-order chi connectivity index (χ1) is 19.0. The molecular formula is C31H42F2N2O4. The molecule has 0 unspecified atom stereocenters. The first-order valence-corrected chi connectivity index (χ1v) is 14.5. The molecule has 2 atom stereocenters. The molecule has 8 heteroatoms. The van der Waals surface area contributed by atoms with Gasteiger partial charge in [-0.1, -0.05) is 19.8 Å². The molecule has 39 heavy (non-hydrogen) atoms.